The Morgan fingerprint density at radius 2 is 2.17 bits per heavy atom. The number of nitrogens with one attached hydrogen (secondary N) is 1. The third-order valence-electron chi connectivity index (χ3n) is 4.81. The van der Waals surface area contributed by atoms with Crippen LogP contribution in [-0.2, 0) is 0 Å². The van der Waals surface area contributed by atoms with Crippen molar-refractivity contribution in [3.05, 3.63) is 18.7 Å². The quantitative estimate of drug-likeness (QED) is 0.889. The van der Waals surface area contributed by atoms with Crippen molar-refractivity contribution in [2.24, 2.45) is 5.41 Å². The lowest BCUT2D eigenvalue weighted by Crippen LogP contribution is -2.40. The summed E-state index contributed by atoms with van der Waals surface area (Å²) in [7, 11) is 0. The molecule has 0 bridgehead atoms. The Balaban J connectivity index is 1.62. The summed E-state index contributed by atoms with van der Waals surface area (Å²) in [6.45, 7) is 4.80. The lowest BCUT2D eigenvalue weighted by Gasteiger charge is -2.26. The maximum atomic E-state index is 4.19. The molecule has 18 heavy (non-hydrogen) atoms. The molecule has 0 spiro atoms. The molecule has 2 fully saturated rings. The van der Waals surface area contributed by atoms with E-state index in [0.29, 0.717) is 17.5 Å². The molecule has 0 amide bonds. The number of nitrogens with zero attached hydrogens (tertiary/aromatic N) is 2. The SMILES string of the molecule is CC1(C)CCC(NC2CCCC2n2ccnc2)C1. The van der Waals surface area contributed by atoms with Crippen molar-refractivity contribution in [1.29, 1.82) is 0 Å². The number of aromatic nitrogens is 2. The molecule has 0 aromatic carbocycles. The molecule has 0 saturated heterocycles. The van der Waals surface area contributed by atoms with Crippen molar-refractivity contribution in [2.45, 2.75) is 70.5 Å². The van der Waals surface area contributed by atoms with Gasteiger partial charge in [-0.25, -0.2) is 4.98 Å². The average Bonchev–Trinajstić information content (AvgIpc) is 2.99. The molecule has 100 valence electrons. The molecule has 3 unspecified atom stereocenters. The van der Waals surface area contributed by atoms with Gasteiger partial charge in [-0.1, -0.05) is 13.8 Å². The topological polar surface area (TPSA) is 29.9 Å². The van der Waals surface area contributed by atoms with Crippen LogP contribution in [-0.4, -0.2) is 21.6 Å². The molecule has 1 heterocycles. The Bertz CT molecular complexity index is 382. The Morgan fingerprint density at radius 3 is 2.83 bits per heavy atom. The summed E-state index contributed by atoms with van der Waals surface area (Å²) in [6.07, 6.45) is 14.0. The van der Waals surface area contributed by atoms with Gasteiger partial charge in [-0.2, -0.15) is 0 Å². The monoisotopic (exact) mass is 247 g/mol. The first-order chi connectivity index (χ1) is 8.64. The van der Waals surface area contributed by atoms with E-state index in [1.54, 1.807) is 0 Å². The number of imidazole rings is 1. The van der Waals surface area contributed by atoms with Gasteiger partial charge in [-0.05, 0) is 43.9 Å². The predicted octanol–water partition coefficient (Wildman–Crippen LogP) is 3.15. The van der Waals surface area contributed by atoms with Crippen LogP contribution in [0, 0.1) is 5.41 Å². The van der Waals surface area contributed by atoms with E-state index in [0.717, 1.165) is 6.04 Å². The van der Waals surface area contributed by atoms with Gasteiger partial charge in [0.1, 0.15) is 0 Å². The zero-order valence-electron chi connectivity index (χ0n) is 11.6. The van der Waals surface area contributed by atoms with Crippen LogP contribution in [0.15, 0.2) is 18.7 Å². The predicted molar refractivity (Wildman–Crippen MR) is 73.5 cm³/mol. The Morgan fingerprint density at radius 1 is 1.28 bits per heavy atom. The van der Waals surface area contributed by atoms with Crippen LogP contribution in [0.25, 0.3) is 0 Å². The van der Waals surface area contributed by atoms with Gasteiger partial charge in [0.05, 0.1) is 6.33 Å². The van der Waals surface area contributed by atoms with Crippen molar-refractivity contribution in [1.82, 2.24) is 14.9 Å². The number of hydrogen-bond donors (Lipinski definition) is 1. The van der Waals surface area contributed by atoms with Gasteiger partial charge in [-0.15, -0.1) is 0 Å². The standard InChI is InChI=1S/C15H25N3/c1-15(2)7-6-12(10-15)17-13-4-3-5-14(13)18-9-8-16-11-18/h8-9,11-14,17H,3-7,10H2,1-2H3. The van der Waals surface area contributed by atoms with Gasteiger partial charge in [-0.3, -0.25) is 0 Å². The first-order valence-electron chi connectivity index (χ1n) is 7.38. The maximum absolute atomic E-state index is 4.19. The molecule has 2 saturated carbocycles. The molecule has 3 nitrogen and oxygen atoms in total. The first-order valence-corrected chi connectivity index (χ1v) is 7.38. The molecule has 0 radical (unpaired) electrons. The largest absolute Gasteiger partial charge is 0.333 e. The maximum Gasteiger partial charge on any atom is 0.0949 e. The average molecular weight is 247 g/mol. The minimum Gasteiger partial charge on any atom is -0.333 e. The summed E-state index contributed by atoms with van der Waals surface area (Å²) in [4.78, 5) is 4.19. The smallest absolute Gasteiger partial charge is 0.0949 e. The molecule has 2 aliphatic rings. The van der Waals surface area contributed by atoms with Gasteiger partial charge in [0, 0.05) is 30.5 Å². The van der Waals surface area contributed by atoms with Crippen LogP contribution >= 0.6 is 0 Å². The highest BCUT2D eigenvalue weighted by Gasteiger charge is 2.35. The van der Waals surface area contributed by atoms with Crippen LogP contribution in [0.5, 0.6) is 0 Å². The van der Waals surface area contributed by atoms with E-state index >= 15 is 0 Å². The van der Waals surface area contributed by atoms with E-state index in [2.05, 4.69) is 34.9 Å². The van der Waals surface area contributed by atoms with Crippen molar-refractivity contribution in [2.75, 3.05) is 0 Å². The molecule has 3 atom stereocenters. The molecule has 2 aliphatic carbocycles. The molecule has 0 aliphatic heterocycles. The fraction of sp³-hybridized carbons (Fsp3) is 0.800. The van der Waals surface area contributed by atoms with Gasteiger partial charge < -0.3 is 9.88 Å². The Labute approximate surface area is 110 Å². The van der Waals surface area contributed by atoms with Gasteiger partial charge in [0.25, 0.3) is 0 Å². The highest BCUT2D eigenvalue weighted by molar-refractivity contribution is 4.95. The Kier molecular flexibility index (Phi) is 3.18. The summed E-state index contributed by atoms with van der Waals surface area (Å²) in [5, 5.41) is 3.92. The molecular weight excluding hydrogens is 222 g/mol. The molecule has 1 aromatic rings. The molecular formula is C15H25N3. The minimum atomic E-state index is 0.542. The summed E-state index contributed by atoms with van der Waals surface area (Å²) < 4.78 is 2.30. The summed E-state index contributed by atoms with van der Waals surface area (Å²) in [6, 6.07) is 2.00. The van der Waals surface area contributed by atoms with E-state index < -0.39 is 0 Å². The van der Waals surface area contributed by atoms with E-state index in [-0.39, 0.29) is 0 Å². The second-order valence-corrected chi connectivity index (χ2v) is 6.89. The van der Waals surface area contributed by atoms with Crippen LogP contribution in [0.4, 0.5) is 0 Å². The third kappa shape index (κ3) is 2.46. The molecule has 3 heteroatoms. The zero-order valence-corrected chi connectivity index (χ0v) is 11.6. The highest BCUT2D eigenvalue weighted by Crippen LogP contribution is 2.39. The van der Waals surface area contributed by atoms with E-state index in [1.165, 1.54) is 38.5 Å². The van der Waals surface area contributed by atoms with Gasteiger partial charge in [0.15, 0.2) is 0 Å². The summed E-state index contributed by atoms with van der Waals surface area (Å²) >= 11 is 0. The minimum absolute atomic E-state index is 0.542. The fourth-order valence-electron chi connectivity index (χ4n) is 3.84. The normalized spacial score (nSPS) is 35.1. The van der Waals surface area contributed by atoms with Crippen molar-refractivity contribution in [3.8, 4) is 0 Å². The van der Waals surface area contributed by atoms with Gasteiger partial charge >= 0.3 is 0 Å². The van der Waals surface area contributed by atoms with E-state index in [9.17, 15) is 0 Å². The molecule has 1 N–H and O–H groups in total. The molecule has 1 aromatic heterocycles. The number of rotatable bonds is 3. The Hall–Kier alpha value is -0.830. The van der Waals surface area contributed by atoms with Crippen LogP contribution in [0.3, 0.4) is 0 Å². The van der Waals surface area contributed by atoms with Crippen LogP contribution in [0.2, 0.25) is 0 Å². The first kappa shape index (κ1) is 12.2. The zero-order chi connectivity index (χ0) is 12.6. The fourth-order valence-corrected chi connectivity index (χ4v) is 3.84. The lowest BCUT2D eigenvalue weighted by atomic mass is 9.91. The lowest BCUT2D eigenvalue weighted by molar-refractivity contribution is 0.323. The second-order valence-electron chi connectivity index (χ2n) is 6.89. The highest BCUT2D eigenvalue weighted by atomic mass is 15.1. The van der Waals surface area contributed by atoms with Crippen molar-refractivity contribution in [3.63, 3.8) is 0 Å². The van der Waals surface area contributed by atoms with Crippen LogP contribution < -0.4 is 5.32 Å². The van der Waals surface area contributed by atoms with Crippen LogP contribution in [0.1, 0.15) is 58.4 Å². The van der Waals surface area contributed by atoms with Crippen molar-refractivity contribution < 1.29 is 0 Å². The van der Waals surface area contributed by atoms with Gasteiger partial charge in [0.2, 0.25) is 0 Å². The van der Waals surface area contributed by atoms with E-state index in [1.807, 2.05) is 12.5 Å². The van der Waals surface area contributed by atoms with E-state index in [4.69, 9.17) is 0 Å². The summed E-state index contributed by atoms with van der Waals surface area (Å²) in [5.74, 6) is 0. The third-order valence-corrected chi connectivity index (χ3v) is 4.81. The molecule has 3 rings (SSSR count). The number of hydrogen-bond acceptors (Lipinski definition) is 2. The summed E-state index contributed by atoms with van der Waals surface area (Å²) in [5.41, 5.74) is 0.542. The second kappa shape index (κ2) is 4.69. The van der Waals surface area contributed by atoms with Crippen molar-refractivity contribution >= 4 is 0 Å².